The zero-order chi connectivity index (χ0) is 17.3. The van der Waals surface area contributed by atoms with E-state index in [9.17, 15) is 4.79 Å². The Morgan fingerprint density at radius 2 is 1.96 bits per heavy atom. The fraction of sp³-hybridized carbons (Fsp3) is 0.263. The first-order valence-electron chi connectivity index (χ1n) is 7.81. The van der Waals surface area contributed by atoms with Gasteiger partial charge in [0.15, 0.2) is 10.9 Å². The van der Waals surface area contributed by atoms with Crippen molar-refractivity contribution >= 4 is 49.4 Å². The van der Waals surface area contributed by atoms with E-state index in [1.165, 1.54) is 16.9 Å². The van der Waals surface area contributed by atoms with Crippen molar-refractivity contribution in [2.45, 2.75) is 26.8 Å². The molecule has 4 nitrogen and oxygen atoms in total. The first-order valence-corrected chi connectivity index (χ1v) is 8.63. The number of aryl methyl sites for hydroxylation is 2. The molecule has 0 bridgehead atoms. The Morgan fingerprint density at radius 1 is 1.20 bits per heavy atom. The summed E-state index contributed by atoms with van der Waals surface area (Å²) in [4.78, 5) is 17.2. The van der Waals surface area contributed by atoms with Crippen molar-refractivity contribution < 1.29 is 9.53 Å². The molecule has 0 aliphatic heterocycles. The number of ether oxygens (including phenoxy) is 1. The zero-order valence-corrected chi connectivity index (χ0v) is 17.2. The molecule has 1 N–H and O–H groups in total. The summed E-state index contributed by atoms with van der Waals surface area (Å²) in [6.45, 7) is 5.92. The van der Waals surface area contributed by atoms with Gasteiger partial charge in [-0.25, -0.2) is 4.98 Å². The van der Waals surface area contributed by atoms with Crippen LogP contribution in [-0.4, -0.2) is 23.9 Å². The Kier molecular flexibility index (Phi) is 6.19. The first-order chi connectivity index (χ1) is 11.5. The quantitative estimate of drug-likeness (QED) is 0.577. The first kappa shape index (κ1) is 19.4. The number of nitrogens with one attached hydrogen (secondary N) is 1. The van der Waals surface area contributed by atoms with E-state index in [4.69, 9.17) is 4.74 Å². The molecule has 1 unspecified atom stereocenters. The lowest BCUT2D eigenvalue weighted by atomic mass is 10.0. The molecule has 1 aromatic heterocycles. The topological polar surface area (TPSA) is 51.2 Å². The summed E-state index contributed by atoms with van der Waals surface area (Å²) in [5, 5.41) is 3.94. The second-order valence-electron chi connectivity index (χ2n) is 5.86. The van der Waals surface area contributed by atoms with Crippen LogP contribution in [-0.2, 0) is 0 Å². The average Bonchev–Trinajstić information content (AvgIpc) is 2.98. The molecule has 0 aliphatic carbocycles. The lowest BCUT2D eigenvalue weighted by Crippen LogP contribution is -2.26. The molecule has 132 valence electrons. The van der Waals surface area contributed by atoms with Gasteiger partial charge in [-0.3, -0.25) is 4.79 Å². The highest BCUT2D eigenvalue weighted by Gasteiger charge is 2.18. The molecule has 1 atom stereocenters. The summed E-state index contributed by atoms with van der Waals surface area (Å²) in [7, 11) is 1.63. The molecule has 0 fully saturated rings. The molecule has 0 spiro atoms. The minimum Gasteiger partial charge on any atom is -0.494 e. The number of nitrogens with zero attached hydrogens (tertiary/aromatic N) is 1. The van der Waals surface area contributed by atoms with Crippen LogP contribution in [0.1, 0.15) is 28.4 Å². The molecule has 0 radical (unpaired) electrons. The number of para-hydroxylation sites is 1. The van der Waals surface area contributed by atoms with Crippen LogP contribution in [0, 0.1) is 13.8 Å². The summed E-state index contributed by atoms with van der Waals surface area (Å²) < 4.78 is 6.37. The Hall–Kier alpha value is -1.92. The molecule has 25 heavy (non-hydrogen) atoms. The molecular formula is C19H21BrN2O2S. The average molecular weight is 421 g/mol. The van der Waals surface area contributed by atoms with E-state index < -0.39 is 0 Å². The lowest BCUT2D eigenvalue weighted by molar-refractivity contribution is 0.0975. The van der Waals surface area contributed by atoms with E-state index in [1.807, 2.05) is 57.2 Å². The number of rotatable bonds is 5. The highest BCUT2D eigenvalue weighted by Crippen LogP contribution is 2.32. The molecule has 0 amide bonds. The third kappa shape index (κ3) is 4.02. The number of Topliss-reactive ketones (excluding diaryl/α,β-unsaturated/α-hetero) is 1. The number of hydrogen-bond acceptors (Lipinski definition) is 5. The molecule has 1 heterocycles. The van der Waals surface area contributed by atoms with Crippen LogP contribution in [0.5, 0.6) is 5.75 Å². The van der Waals surface area contributed by atoms with Gasteiger partial charge >= 0.3 is 0 Å². The molecule has 3 aromatic rings. The number of carbonyl (C=O) groups is 1. The van der Waals surface area contributed by atoms with E-state index in [1.54, 1.807) is 7.11 Å². The van der Waals surface area contributed by atoms with E-state index in [2.05, 4.69) is 10.3 Å². The number of methoxy groups -OCH3 is 1. The minimum absolute atomic E-state index is 0. The number of fused-ring (bicyclic) bond motifs is 1. The summed E-state index contributed by atoms with van der Waals surface area (Å²) in [5.41, 5.74) is 3.85. The van der Waals surface area contributed by atoms with Crippen molar-refractivity contribution in [1.82, 2.24) is 4.98 Å². The Labute approximate surface area is 162 Å². The number of ketones is 1. The lowest BCUT2D eigenvalue weighted by Gasteiger charge is -2.12. The smallest absolute Gasteiger partial charge is 0.184 e. The van der Waals surface area contributed by atoms with Crippen LogP contribution in [0.15, 0.2) is 36.4 Å². The van der Waals surface area contributed by atoms with Crippen molar-refractivity contribution in [2.24, 2.45) is 0 Å². The van der Waals surface area contributed by atoms with Gasteiger partial charge in [-0.05, 0) is 50.1 Å². The van der Waals surface area contributed by atoms with Crippen LogP contribution >= 0.6 is 28.3 Å². The van der Waals surface area contributed by atoms with E-state index in [0.29, 0.717) is 0 Å². The number of carbonyl (C=O) groups excluding carboxylic acids is 1. The third-order valence-electron chi connectivity index (χ3n) is 4.13. The maximum atomic E-state index is 12.6. The number of thiazole rings is 1. The second-order valence-corrected chi connectivity index (χ2v) is 6.89. The van der Waals surface area contributed by atoms with Crippen molar-refractivity contribution in [3.8, 4) is 5.75 Å². The summed E-state index contributed by atoms with van der Waals surface area (Å²) in [5.74, 6) is 0.800. The molecule has 6 heteroatoms. The van der Waals surface area contributed by atoms with Crippen molar-refractivity contribution in [2.75, 3.05) is 12.4 Å². The summed E-state index contributed by atoms with van der Waals surface area (Å²) in [6, 6.07) is 11.3. The molecule has 0 saturated heterocycles. The fourth-order valence-electron chi connectivity index (χ4n) is 2.55. The molecule has 2 aromatic carbocycles. The largest absolute Gasteiger partial charge is 0.494 e. The van der Waals surface area contributed by atoms with E-state index >= 15 is 0 Å². The van der Waals surface area contributed by atoms with Gasteiger partial charge in [0.05, 0.1) is 17.9 Å². The Bertz CT molecular complexity index is 908. The van der Waals surface area contributed by atoms with Gasteiger partial charge in [0.25, 0.3) is 0 Å². The third-order valence-corrected chi connectivity index (χ3v) is 5.08. The van der Waals surface area contributed by atoms with Crippen molar-refractivity contribution in [1.29, 1.82) is 0 Å². The number of anilines is 1. The summed E-state index contributed by atoms with van der Waals surface area (Å²) >= 11 is 1.52. The van der Waals surface area contributed by atoms with Gasteiger partial charge in [-0.2, -0.15) is 0 Å². The SMILES string of the molecule is Br.COc1cccc2sc(NC(C)C(=O)c3ccc(C)c(C)c3)nc12. The highest BCUT2D eigenvalue weighted by molar-refractivity contribution is 8.93. The Balaban J connectivity index is 0.00000225. The van der Waals surface area contributed by atoms with Crippen molar-refractivity contribution in [3.05, 3.63) is 53.1 Å². The van der Waals surface area contributed by atoms with Gasteiger partial charge < -0.3 is 10.1 Å². The van der Waals surface area contributed by atoms with Crippen LogP contribution < -0.4 is 10.1 Å². The van der Waals surface area contributed by atoms with Gasteiger partial charge in [-0.15, -0.1) is 17.0 Å². The van der Waals surface area contributed by atoms with Gasteiger partial charge in [0.2, 0.25) is 0 Å². The number of hydrogen-bond donors (Lipinski definition) is 1. The van der Waals surface area contributed by atoms with Crippen LogP contribution in [0.3, 0.4) is 0 Å². The molecule has 3 rings (SSSR count). The second kappa shape index (κ2) is 7.97. The molecule has 0 saturated carbocycles. The number of halogens is 1. The predicted octanol–water partition coefficient (Wildman–Crippen LogP) is 5.18. The zero-order valence-electron chi connectivity index (χ0n) is 14.6. The molecular weight excluding hydrogens is 400 g/mol. The summed E-state index contributed by atoms with van der Waals surface area (Å²) in [6.07, 6.45) is 0. The standard InChI is InChI=1S/C19H20N2O2S.BrH/c1-11-8-9-14(10-12(11)2)18(22)13(3)20-19-21-17-15(23-4)6-5-7-16(17)24-19;/h5-10,13H,1-4H3,(H,20,21);1H. The van der Waals surface area contributed by atoms with Crippen LogP contribution in [0.25, 0.3) is 10.2 Å². The molecule has 0 aliphatic rings. The van der Waals surface area contributed by atoms with Crippen LogP contribution in [0.4, 0.5) is 5.13 Å². The minimum atomic E-state index is -0.348. The predicted molar refractivity (Wildman–Crippen MR) is 110 cm³/mol. The van der Waals surface area contributed by atoms with Gasteiger partial charge in [-0.1, -0.05) is 29.5 Å². The fourth-order valence-corrected chi connectivity index (χ4v) is 3.52. The highest BCUT2D eigenvalue weighted by atomic mass is 79.9. The maximum Gasteiger partial charge on any atom is 0.184 e. The van der Waals surface area contributed by atoms with E-state index in [-0.39, 0.29) is 28.8 Å². The normalized spacial score (nSPS) is 11.7. The van der Waals surface area contributed by atoms with E-state index in [0.717, 1.165) is 32.2 Å². The number of aromatic nitrogens is 1. The van der Waals surface area contributed by atoms with Gasteiger partial charge in [0.1, 0.15) is 11.3 Å². The van der Waals surface area contributed by atoms with Crippen LogP contribution in [0.2, 0.25) is 0 Å². The Morgan fingerprint density at radius 3 is 2.64 bits per heavy atom. The monoisotopic (exact) mass is 420 g/mol. The van der Waals surface area contributed by atoms with Crippen molar-refractivity contribution in [3.63, 3.8) is 0 Å². The van der Waals surface area contributed by atoms with Gasteiger partial charge in [0, 0.05) is 5.56 Å². The number of benzene rings is 2. The maximum absolute atomic E-state index is 12.6.